The van der Waals surface area contributed by atoms with E-state index >= 15 is 0 Å². The first kappa shape index (κ1) is 12.4. The van der Waals surface area contributed by atoms with Crippen LogP contribution >= 0.6 is 0 Å². The number of alkyl halides is 3. The minimum absolute atomic E-state index is 0.195. The number of amides is 1. The van der Waals surface area contributed by atoms with E-state index in [0.29, 0.717) is 0 Å². The largest absolute Gasteiger partial charge is 0.493 e. The van der Waals surface area contributed by atoms with E-state index in [4.69, 9.17) is 10.5 Å². The van der Waals surface area contributed by atoms with Crippen LogP contribution in [0.4, 0.5) is 13.2 Å². The van der Waals surface area contributed by atoms with Gasteiger partial charge in [-0.3, -0.25) is 4.79 Å². The molecule has 0 fully saturated rings. The van der Waals surface area contributed by atoms with Gasteiger partial charge in [-0.2, -0.15) is 13.2 Å². The molecule has 1 aromatic rings. The summed E-state index contributed by atoms with van der Waals surface area (Å²) in [6, 6.07) is 5.71. The van der Waals surface area contributed by atoms with Gasteiger partial charge in [0.1, 0.15) is 5.75 Å². The first-order chi connectivity index (χ1) is 7.38. The van der Waals surface area contributed by atoms with E-state index in [1.807, 2.05) is 0 Å². The Morgan fingerprint density at radius 1 is 1.38 bits per heavy atom. The fraction of sp³-hybridized carbons (Fsp3) is 0.300. The molecule has 0 radical (unpaired) electrons. The Morgan fingerprint density at radius 3 is 2.62 bits per heavy atom. The summed E-state index contributed by atoms with van der Waals surface area (Å²) in [6.07, 6.45) is -5.28. The average Bonchev–Trinajstić information content (AvgIpc) is 2.16. The molecule has 0 aliphatic rings. The van der Waals surface area contributed by atoms with Crippen molar-refractivity contribution < 1.29 is 22.7 Å². The van der Waals surface area contributed by atoms with Crippen LogP contribution in [0.15, 0.2) is 24.3 Å². The standard InChI is InChI=1S/C10H10F3NO2/c11-10(12,13)4-5-16-8-3-1-2-7(6-8)9(14)15/h1-3,6H,4-5H2,(H2,14,15). The van der Waals surface area contributed by atoms with Crippen LogP contribution in [-0.4, -0.2) is 18.7 Å². The van der Waals surface area contributed by atoms with E-state index in [0.717, 1.165) is 0 Å². The molecule has 0 unspecified atom stereocenters. The van der Waals surface area contributed by atoms with Gasteiger partial charge in [-0.05, 0) is 18.2 Å². The summed E-state index contributed by atoms with van der Waals surface area (Å²) >= 11 is 0. The van der Waals surface area contributed by atoms with Crippen LogP contribution in [0.25, 0.3) is 0 Å². The molecule has 0 bridgehead atoms. The number of ether oxygens (including phenoxy) is 1. The van der Waals surface area contributed by atoms with Gasteiger partial charge in [0.2, 0.25) is 5.91 Å². The zero-order chi connectivity index (χ0) is 12.2. The maximum absolute atomic E-state index is 11.8. The second-order valence-corrected chi connectivity index (χ2v) is 3.11. The third-order valence-corrected chi connectivity index (χ3v) is 1.77. The van der Waals surface area contributed by atoms with E-state index in [2.05, 4.69) is 0 Å². The lowest BCUT2D eigenvalue weighted by atomic mass is 10.2. The number of hydrogen-bond donors (Lipinski definition) is 1. The maximum Gasteiger partial charge on any atom is 0.392 e. The molecule has 0 spiro atoms. The molecule has 0 saturated carbocycles. The molecular weight excluding hydrogens is 223 g/mol. The summed E-state index contributed by atoms with van der Waals surface area (Å²) in [7, 11) is 0. The maximum atomic E-state index is 11.8. The van der Waals surface area contributed by atoms with Crippen molar-refractivity contribution in [2.24, 2.45) is 5.73 Å². The zero-order valence-corrected chi connectivity index (χ0v) is 8.25. The van der Waals surface area contributed by atoms with Crippen molar-refractivity contribution in [3.63, 3.8) is 0 Å². The normalized spacial score (nSPS) is 11.2. The van der Waals surface area contributed by atoms with Gasteiger partial charge in [-0.25, -0.2) is 0 Å². The number of nitrogens with two attached hydrogens (primary N) is 1. The molecule has 0 heterocycles. The Balaban J connectivity index is 2.55. The molecule has 6 heteroatoms. The van der Waals surface area contributed by atoms with Gasteiger partial charge < -0.3 is 10.5 Å². The van der Waals surface area contributed by atoms with Gasteiger partial charge in [0, 0.05) is 5.56 Å². The van der Waals surface area contributed by atoms with Crippen LogP contribution in [0, 0.1) is 0 Å². The fourth-order valence-corrected chi connectivity index (χ4v) is 1.02. The predicted octanol–water partition coefficient (Wildman–Crippen LogP) is 2.12. The molecule has 88 valence electrons. The lowest BCUT2D eigenvalue weighted by Crippen LogP contribution is -2.14. The predicted molar refractivity (Wildman–Crippen MR) is 51.1 cm³/mol. The smallest absolute Gasteiger partial charge is 0.392 e. The first-order valence-corrected chi connectivity index (χ1v) is 4.48. The van der Waals surface area contributed by atoms with E-state index in [1.54, 1.807) is 0 Å². The molecule has 1 rings (SSSR count). The third-order valence-electron chi connectivity index (χ3n) is 1.77. The van der Waals surface area contributed by atoms with Gasteiger partial charge in [-0.15, -0.1) is 0 Å². The minimum atomic E-state index is -4.25. The van der Waals surface area contributed by atoms with Crippen molar-refractivity contribution in [1.29, 1.82) is 0 Å². The van der Waals surface area contributed by atoms with Crippen LogP contribution in [0.1, 0.15) is 16.8 Å². The summed E-state index contributed by atoms with van der Waals surface area (Å²) in [5.74, 6) is -0.457. The molecule has 1 amide bonds. The summed E-state index contributed by atoms with van der Waals surface area (Å²) in [4.78, 5) is 10.8. The minimum Gasteiger partial charge on any atom is -0.493 e. The lowest BCUT2D eigenvalue weighted by molar-refractivity contribution is -0.139. The van der Waals surface area contributed by atoms with Gasteiger partial charge in [0.05, 0.1) is 13.0 Å². The van der Waals surface area contributed by atoms with Crippen molar-refractivity contribution in [3.8, 4) is 5.75 Å². The molecule has 1 aromatic carbocycles. The summed E-state index contributed by atoms with van der Waals surface area (Å²) in [5.41, 5.74) is 5.20. The molecule has 0 saturated heterocycles. The highest BCUT2D eigenvalue weighted by Gasteiger charge is 2.26. The van der Waals surface area contributed by atoms with E-state index in [9.17, 15) is 18.0 Å². The van der Waals surface area contributed by atoms with Crippen LogP contribution in [0.3, 0.4) is 0 Å². The van der Waals surface area contributed by atoms with Gasteiger partial charge >= 0.3 is 6.18 Å². The number of halogens is 3. The van der Waals surface area contributed by atoms with Crippen LogP contribution < -0.4 is 10.5 Å². The number of carbonyl (C=O) groups excluding carboxylic acids is 1. The second kappa shape index (κ2) is 4.87. The van der Waals surface area contributed by atoms with Gasteiger partial charge in [0.15, 0.2) is 0 Å². The highest BCUT2D eigenvalue weighted by Crippen LogP contribution is 2.20. The van der Waals surface area contributed by atoms with E-state index in [-0.39, 0.29) is 11.3 Å². The van der Waals surface area contributed by atoms with E-state index < -0.39 is 25.1 Å². The molecule has 0 aliphatic heterocycles. The van der Waals surface area contributed by atoms with E-state index in [1.165, 1.54) is 24.3 Å². The summed E-state index contributed by atoms with van der Waals surface area (Å²) in [5, 5.41) is 0. The molecule has 0 aromatic heterocycles. The zero-order valence-electron chi connectivity index (χ0n) is 8.25. The van der Waals surface area contributed by atoms with Crippen LogP contribution in [-0.2, 0) is 0 Å². The summed E-state index contributed by atoms with van der Waals surface area (Å²) in [6.45, 7) is -0.480. The van der Waals surface area contributed by atoms with Crippen LogP contribution in [0.5, 0.6) is 5.75 Å². The summed E-state index contributed by atoms with van der Waals surface area (Å²) < 4.78 is 40.3. The monoisotopic (exact) mass is 233 g/mol. The highest BCUT2D eigenvalue weighted by molar-refractivity contribution is 5.93. The molecular formula is C10H10F3NO2. The SMILES string of the molecule is NC(=O)c1cccc(OCCC(F)(F)F)c1. The first-order valence-electron chi connectivity index (χ1n) is 4.48. The van der Waals surface area contributed by atoms with Crippen LogP contribution in [0.2, 0.25) is 0 Å². The Bertz CT molecular complexity index is 377. The number of primary amides is 1. The number of hydrogen-bond acceptors (Lipinski definition) is 2. The van der Waals surface area contributed by atoms with Crippen molar-refractivity contribution in [2.75, 3.05) is 6.61 Å². The molecule has 3 nitrogen and oxygen atoms in total. The number of benzene rings is 1. The topological polar surface area (TPSA) is 52.3 Å². The molecule has 0 aliphatic carbocycles. The quantitative estimate of drug-likeness (QED) is 0.865. The van der Waals surface area contributed by atoms with Crippen molar-refractivity contribution in [2.45, 2.75) is 12.6 Å². The Labute approximate surface area is 90.0 Å². The average molecular weight is 233 g/mol. The van der Waals surface area contributed by atoms with Crippen molar-refractivity contribution in [3.05, 3.63) is 29.8 Å². The molecule has 2 N–H and O–H groups in total. The third kappa shape index (κ3) is 4.20. The second-order valence-electron chi connectivity index (χ2n) is 3.11. The Kier molecular flexibility index (Phi) is 3.76. The highest BCUT2D eigenvalue weighted by atomic mass is 19.4. The molecule has 16 heavy (non-hydrogen) atoms. The Hall–Kier alpha value is -1.72. The lowest BCUT2D eigenvalue weighted by Gasteiger charge is -2.08. The Morgan fingerprint density at radius 2 is 2.06 bits per heavy atom. The number of carbonyl (C=O) groups is 1. The van der Waals surface area contributed by atoms with Crippen molar-refractivity contribution in [1.82, 2.24) is 0 Å². The fourth-order valence-electron chi connectivity index (χ4n) is 1.02. The van der Waals surface area contributed by atoms with Gasteiger partial charge in [-0.1, -0.05) is 6.07 Å². The number of rotatable bonds is 4. The van der Waals surface area contributed by atoms with Gasteiger partial charge in [0.25, 0.3) is 0 Å². The van der Waals surface area contributed by atoms with Crippen molar-refractivity contribution >= 4 is 5.91 Å². The molecule has 0 atom stereocenters.